The van der Waals surface area contributed by atoms with Gasteiger partial charge in [-0.1, -0.05) is 20.8 Å². The van der Waals surface area contributed by atoms with Crippen LogP contribution in [0.25, 0.3) is 0 Å². The zero-order chi connectivity index (χ0) is 12.9. The standard InChI is InChI=1S/C14H28N2O/c1-14(2,3)10-9-13(17)16-12-7-5-11(15-4)6-8-12/h11-12,15H,5-10H2,1-4H3,(H,16,17). The Morgan fingerprint density at radius 1 is 1.12 bits per heavy atom. The molecule has 0 aliphatic heterocycles. The molecule has 1 aliphatic rings. The van der Waals surface area contributed by atoms with Crippen molar-refractivity contribution < 1.29 is 4.79 Å². The summed E-state index contributed by atoms with van der Waals surface area (Å²) in [5, 5.41) is 6.48. The molecule has 3 nitrogen and oxygen atoms in total. The van der Waals surface area contributed by atoms with Gasteiger partial charge in [0.1, 0.15) is 0 Å². The van der Waals surface area contributed by atoms with Crippen molar-refractivity contribution in [1.82, 2.24) is 10.6 Å². The van der Waals surface area contributed by atoms with Crippen molar-refractivity contribution in [3.8, 4) is 0 Å². The first-order valence-electron chi connectivity index (χ1n) is 6.87. The van der Waals surface area contributed by atoms with E-state index in [2.05, 4.69) is 31.4 Å². The fraction of sp³-hybridized carbons (Fsp3) is 0.929. The van der Waals surface area contributed by atoms with E-state index in [9.17, 15) is 4.79 Å². The molecule has 0 radical (unpaired) electrons. The van der Waals surface area contributed by atoms with Gasteiger partial charge in [0.05, 0.1) is 0 Å². The molecule has 0 aromatic carbocycles. The van der Waals surface area contributed by atoms with Crippen LogP contribution in [-0.2, 0) is 4.79 Å². The monoisotopic (exact) mass is 240 g/mol. The van der Waals surface area contributed by atoms with Gasteiger partial charge in [0, 0.05) is 18.5 Å². The third-order valence-electron chi connectivity index (χ3n) is 3.60. The molecule has 0 heterocycles. The Bertz CT molecular complexity index is 237. The first kappa shape index (κ1) is 14.5. The zero-order valence-corrected chi connectivity index (χ0v) is 11.8. The predicted octanol–water partition coefficient (Wildman–Crippen LogP) is 2.46. The molecule has 100 valence electrons. The summed E-state index contributed by atoms with van der Waals surface area (Å²) >= 11 is 0. The van der Waals surface area contributed by atoms with Gasteiger partial charge in [0.2, 0.25) is 5.91 Å². The van der Waals surface area contributed by atoms with Crippen molar-refractivity contribution in [3.05, 3.63) is 0 Å². The van der Waals surface area contributed by atoms with Crippen LogP contribution in [0.5, 0.6) is 0 Å². The van der Waals surface area contributed by atoms with Crippen molar-refractivity contribution in [3.63, 3.8) is 0 Å². The van der Waals surface area contributed by atoms with E-state index in [4.69, 9.17) is 0 Å². The summed E-state index contributed by atoms with van der Waals surface area (Å²) in [6, 6.07) is 1.06. The minimum absolute atomic E-state index is 0.229. The molecule has 2 N–H and O–H groups in total. The van der Waals surface area contributed by atoms with E-state index in [1.165, 1.54) is 12.8 Å². The van der Waals surface area contributed by atoms with Crippen LogP contribution in [0.4, 0.5) is 0 Å². The van der Waals surface area contributed by atoms with Gasteiger partial charge in [-0.15, -0.1) is 0 Å². The minimum Gasteiger partial charge on any atom is -0.353 e. The number of amides is 1. The summed E-state index contributed by atoms with van der Waals surface area (Å²) in [6.45, 7) is 6.54. The number of hydrogen-bond donors (Lipinski definition) is 2. The van der Waals surface area contributed by atoms with Crippen molar-refractivity contribution in [2.24, 2.45) is 5.41 Å². The first-order valence-corrected chi connectivity index (χ1v) is 6.87. The largest absolute Gasteiger partial charge is 0.353 e. The second kappa shape index (κ2) is 6.39. The highest BCUT2D eigenvalue weighted by Gasteiger charge is 2.21. The highest BCUT2D eigenvalue weighted by Crippen LogP contribution is 2.21. The van der Waals surface area contributed by atoms with Crippen LogP contribution >= 0.6 is 0 Å². The average molecular weight is 240 g/mol. The van der Waals surface area contributed by atoms with Gasteiger partial charge in [-0.05, 0) is 44.6 Å². The second-order valence-corrected chi connectivity index (χ2v) is 6.47. The fourth-order valence-electron chi connectivity index (χ4n) is 2.31. The van der Waals surface area contributed by atoms with Crippen LogP contribution in [0.3, 0.4) is 0 Å². The predicted molar refractivity (Wildman–Crippen MR) is 71.9 cm³/mol. The fourth-order valence-corrected chi connectivity index (χ4v) is 2.31. The molecule has 1 fully saturated rings. The smallest absolute Gasteiger partial charge is 0.220 e. The third kappa shape index (κ3) is 6.06. The SMILES string of the molecule is CNC1CCC(NC(=O)CCC(C)(C)C)CC1. The lowest BCUT2D eigenvalue weighted by Gasteiger charge is -2.29. The topological polar surface area (TPSA) is 41.1 Å². The summed E-state index contributed by atoms with van der Waals surface area (Å²) in [5.41, 5.74) is 0.251. The molecule has 17 heavy (non-hydrogen) atoms. The van der Waals surface area contributed by atoms with Crippen molar-refractivity contribution in [2.45, 2.75) is 71.4 Å². The molecule has 0 aromatic rings. The molecule has 0 unspecified atom stereocenters. The number of carbonyl (C=O) groups excluding carboxylic acids is 1. The molecule has 3 heteroatoms. The highest BCUT2D eigenvalue weighted by atomic mass is 16.1. The summed E-state index contributed by atoms with van der Waals surface area (Å²) in [7, 11) is 2.02. The Morgan fingerprint density at radius 2 is 1.65 bits per heavy atom. The first-order chi connectivity index (χ1) is 7.90. The van der Waals surface area contributed by atoms with E-state index in [-0.39, 0.29) is 11.3 Å². The van der Waals surface area contributed by atoms with Crippen molar-refractivity contribution in [1.29, 1.82) is 0 Å². The van der Waals surface area contributed by atoms with Gasteiger partial charge >= 0.3 is 0 Å². The molecule has 1 saturated carbocycles. The van der Waals surface area contributed by atoms with Crippen LogP contribution in [0.15, 0.2) is 0 Å². The number of nitrogens with one attached hydrogen (secondary N) is 2. The maximum absolute atomic E-state index is 11.8. The molecule has 0 aromatic heterocycles. The van der Waals surface area contributed by atoms with Gasteiger partial charge in [-0.2, -0.15) is 0 Å². The molecule has 0 spiro atoms. The number of carbonyl (C=O) groups is 1. The average Bonchev–Trinajstić information content (AvgIpc) is 2.27. The lowest BCUT2D eigenvalue weighted by molar-refractivity contribution is -0.122. The molecule has 0 bridgehead atoms. The maximum atomic E-state index is 11.8. The Morgan fingerprint density at radius 3 is 2.12 bits per heavy atom. The van der Waals surface area contributed by atoms with Gasteiger partial charge < -0.3 is 10.6 Å². The van der Waals surface area contributed by atoms with Gasteiger partial charge in [-0.25, -0.2) is 0 Å². The van der Waals surface area contributed by atoms with E-state index in [1.807, 2.05) is 7.05 Å². The van der Waals surface area contributed by atoms with Crippen LogP contribution in [0.2, 0.25) is 0 Å². The lowest BCUT2D eigenvalue weighted by Crippen LogP contribution is -2.41. The Kier molecular flexibility index (Phi) is 5.44. The molecular formula is C14H28N2O. The highest BCUT2D eigenvalue weighted by molar-refractivity contribution is 5.76. The molecule has 0 atom stereocenters. The molecular weight excluding hydrogens is 212 g/mol. The van der Waals surface area contributed by atoms with E-state index >= 15 is 0 Å². The van der Waals surface area contributed by atoms with Crippen LogP contribution in [0.1, 0.15) is 59.3 Å². The molecule has 0 saturated heterocycles. The van der Waals surface area contributed by atoms with E-state index in [0.29, 0.717) is 18.5 Å². The summed E-state index contributed by atoms with van der Waals surface area (Å²) in [6.07, 6.45) is 6.22. The second-order valence-electron chi connectivity index (χ2n) is 6.47. The molecule has 1 rings (SSSR count). The van der Waals surface area contributed by atoms with Crippen LogP contribution in [-0.4, -0.2) is 25.0 Å². The van der Waals surface area contributed by atoms with Crippen LogP contribution < -0.4 is 10.6 Å². The Labute approximate surface area is 106 Å². The summed E-state index contributed by atoms with van der Waals surface area (Å²) < 4.78 is 0. The minimum atomic E-state index is 0.229. The summed E-state index contributed by atoms with van der Waals surface area (Å²) in [4.78, 5) is 11.8. The van der Waals surface area contributed by atoms with Gasteiger partial charge in [0.25, 0.3) is 0 Å². The van der Waals surface area contributed by atoms with Gasteiger partial charge in [-0.3, -0.25) is 4.79 Å². The maximum Gasteiger partial charge on any atom is 0.220 e. The van der Waals surface area contributed by atoms with E-state index < -0.39 is 0 Å². The number of hydrogen-bond acceptors (Lipinski definition) is 2. The van der Waals surface area contributed by atoms with Crippen molar-refractivity contribution >= 4 is 5.91 Å². The van der Waals surface area contributed by atoms with E-state index in [0.717, 1.165) is 19.3 Å². The quantitative estimate of drug-likeness (QED) is 0.792. The molecule has 1 aliphatic carbocycles. The Balaban J connectivity index is 2.19. The van der Waals surface area contributed by atoms with Crippen molar-refractivity contribution in [2.75, 3.05) is 7.05 Å². The lowest BCUT2D eigenvalue weighted by atomic mass is 9.89. The van der Waals surface area contributed by atoms with Gasteiger partial charge in [0.15, 0.2) is 0 Å². The normalized spacial score (nSPS) is 25.6. The number of rotatable bonds is 4. The van der Waals surface area contributed by atoms with Crippen LogP contribution in [0, 0.1) is 5.41 Å². The third-order valence-corrected chi connectivity index (χ3v) is 3.60. The molecule has 1 amide bonds. The van der Waals surface area contributed by atoms with E-state index in [1.54, 1.807) is 0 Å². The zero-order valence-electron chi connectivity index (χ0n) is 11.8. The Hall–Kier alpha value is -0.570. The summed E-state index contributed by atoms with van der Waals surface area (Å²) in [5.74, 6) is 0.229.